The van der Waals surface area contributed by atoms with Crippen LogP contribution in [0.3, 0.4) is 0 Å². The maximum atomic E-state index is 6.09. The molecular weight excluding hydrogens is 396 g/mol. The van der Waals surface area contributed by atoms with Gasteiger partial charge in [-0.15, -0.1) is 5.10 Å². The SMILES string of the molecule is COc1ccccc1-c1nn(C[NH+]2CCOCC2)c(=S)n1-c1ccc(Cl)cc1. The average Bonchev–Trinajstić information content (AvgIpc) is 3.05. The number of morpholine rings is 1. The summed E-state index contributed by atoms with van der Waals surface area (Å²) >= 11 is 11.9. The largest absolute Gasteiger partial charge is 0.496 e. The van der Waals surface area contributed by atoms with Crippen LogP contribution in [0.1, 0.15) is 0 Å². The van der Waals surface area contributed by atoms with Crippen molar-refractivity contribution in [2.45, 2.75) is 6.67 Å². The fraction of sp³-hybridized carbons (Fsp3) is 0.300. The van der Waals surface area contributed by atoms with Crippen molar-refractivity contribution in [3.8, 4) is 22.8 Å². The summed E-state index contributed by atoms with van der Waals surface area (Å²) in [5.41, 5.74) is 1.81. The van der Waals surface area contributed by atoms with Gasteiger partial charge >= 0.3 is 0 Å². The number of rotatable bonds is 5. The fourth-order valence-corrected chi connectivity index (χ4v) is 3.79. The summed E-state index contributed by atoms with van der Waals surface area (Å²) in [6.45, 7) is 4.11. The second-order valence-electron chi connectivity index (χ2n) is 6.64. The van der Waals surface area contributed by atoms with Crippen molar-refractivity contribution in [1.82, 2.24) is 14.3 Å². The van der Waals surface area contributed by atoms with Gasteiger partial charge in [-0.05, 0) is 48.6 Å². The van der Waals surface area contributed by atoms with Crippen LogP contribution in [-0.4, -0.2) is 47.8 Å². The Hall–Kier alpha value is -2.19. The number of para-hydroxylation sites is 1. The molecule has 4 rings (SSSR count). The van der Waals surface area contributed by atoms with Crippen molar-refractivity contribution in [3.05, 3.63) is 58.3 Å². The molecule has 3 aromatic rings. The maximum absolute atomic E-state index is 6.09. The Bertz CT molecular complexity index is 1010. The number of methoxy groups -OCH3 is 1. The highest BCUT2D eigenvalue weighted by atomic mass is 35.5. The number of halogens is 1. The Morgan fingerprint density at radius 2 is 1.86 bits per heavy atom. The van der Waals surface area contributed by atoms with Crippen LogP contribution in [-0.2, 0) is 11.4 Å². The second kappa shape index (κ2) is 8.45. The van der Waals surface area contributed by atoms with Gasteiger partial charge in [-0.25, -0.2) is 0 Å². The van der Waals surface area contributed by atoms with Crippen molar-refractivity contribution in [1.29, 1.82) is 0 Å². The predicted octanol–water partition coefficient (Wildman–Crippen LogP) is 2.60. The predicted molar refractivity (Wildman–Crippen MR) is 111 cm³/mol. The summed E-state index contributed by atoms with van der Waals surface area (Å²) in [5, 5.41) is 5.56. The van der Waals surface area contributed by atoms with E-state index in [0.717, 1.165) is 49.1 Å². The van der Waals surface area contributed by atoms with Crippen molar-refractivity contribution < 1.29 is 14.4 Å². The monoisotopic (exact) mass is 417 g/mol. The molecule has 8 heteroatoms. The van der Waals surface area contributed by atoms with Crippen LogP contribution in [0.5, 0.6) is 5.75 Å². The first-order chi connectivity index (χ1) is 13.7. The number of hydrogen-bond acceptors (Lipinski definition) is 4. The van der Waals surface area contributed by atoms with Gasteiger partial charge in [0.2, 0.25) is 4.77 Å². The van der Waals surface area contributed by atoms with E-state index in [9.17, 15) is 0 Å². The number of quaternary nitrogens is 1. The van der Waals surface area contributed by atoms with E-state index in [2.05, 4.69) is 0 Å². The lowest BCUT2D eigenvalue weighted by Gasteiger charge is -2.23. The molecule has 2 aromatic carbocycles. The summed E-state index contributed by atoms with van der Waals surface area (Å²) in [4.78, 5) is 1.40. The minimum absolute atomic E-state index is 0.641. The van der Waals surface area contributed by atoms with Gasteiger partial charge in [0.05, 0.1) is 31.6 Å². The Morgan fingerprint density at radius 1 is 1.14 bits per heavy atom. The van der Waals surface area contributed by atoms with E-state index in [1.165, 1.54) is 4.90 Å². The number of nitrogens with zero attached hydrogens (tertiary/aromatic N) is 3. The fourth-order valence-electron chi connectivity index (χ4n) is 3.37. The van der Waals surface area contributed by atoms with Crippen LogP contribution in [0.25, 0.3) is 17.1 Å². The van der Waals surface area contributed by atoms with E-state index >= 15 is 0 Å². The molecule has 0 spiro atoms. The summed E-state index contributed by atoms with van der Waals surface area (Å²) in [5.74, 6) is 1.50. The van der Waals surface area contributed by atoms with Crippen LogP contribution in [0.4, 0.5) is 0 Å². The molecule has 6 nitrogen and oxygen atoms in total. The molecule has 0 aliphatic carbocycles. The minimum atomic E-state index is 0.641. The van der Waals surface area contributed by atoms with E-state index in [0.29, 0.717) is 16.5 Å². The molecule has 28 heavy (non-hydrogen) atoms. The molecule has 2 heterocycles. The van der Waals surface area contributed by atoms with E-state index in [4.69, 9.17) is 38.4 Å². The number of aromatic nitrogens is 3. The number of nitrogens with one attached hydrogen (secondary N) is 1. The quantitative estimate of drug-likeness (QED) is 0.648. The maximum Gasteiger partial charge on any atom is 0.207 e. The molecule has 0 amide bonds. The van der Waals surface area contributed by atoms with Crippen LogP contribution in [0.15, 0.2) is 48.5 Å². The molecule has 0 atom stereocenters. The summed E-state index contributed by atoms with van der Waals surface area (Å²) in [6.07, 6.45) is 0. The molecule has 0 radical (unpaired) electrons. The van der Waals surface area contributed by atoms with Gasteiger partial charge in [-0.1, -0.05) is 23.7 Å². The third-order valence-electron chi connectivity index (χ3n) is 4.85. The Labute approximate surface area is 173 Å². The molecule has 1 fully saturated rings. The van der Waals surface area contributed by atoms with Crippen LogP contribution in [0.2, 0.25) is 5.02 Å². The van der Waals surface area contributed by atoms with E-state index in [-0.39, 0.29) is 0 Å². The van der Waals surface area contributed by atoms with Crippen molar-refractivity contribution in [2.24, 2.45) is 0 Å². The zero-order valence-corrected chi connectivity index (χ0v) is 17.2. The highest BCUT2D eigenvalue weighted by Gasteiger charge is 2.21. The first kappa shape index (κ1) is 19.1. The van der Waals surface area contributed by atoms with Crippen molar-refractivity contribution in [2.75, 3.05) is 33.4 Å². The topological polar surface area (TPSA) is 45.6 Å². The lowest BCUT2D eigenvalue weighted by atomic mass is 10.2. The number of benzene rings is 2. The van der Waals surface area contributed by atoms with E-state index in [1.807, 2.05) is 57.8 Å². The highest BCUT2D eigenvalue weighted by Crippen LogP contribution is 2.30. The molecule has 1 saturated heterocycles. The minimum Gasteiger partial charge on any atom is -0.496 e. The van der Waals surface area contributed by atoms with Gasteiger partial charge in [0.15, 0.2) is 12.5 Å². The first-order valence-electron chi connectivity index (χ1n) is 9.18. The first-order valence-corrected chi connectivity index (χ1v) is 9.96. The highest BCUT2D eigenvalue weighted by molar-refractivity contribution is 7.71. The number of hydrogen-bond donors (Lipinski definition) is 1. The normalized spacial score (nSPS) is 14.9. The smallest absolute Gasteiger partial charge is 0.207 e. The molecule has 0 unspecified atom stereocenters. The molecule has 1 N–H and O–H groups in total. The standard InChI is InChI=1S/C20H21ClN4O2S/c1-26-18-5-3-2-4-17(18)19-22-24(14-23-10-12-27-13-11-23)20(28)25(19)16-8-6-15(21)7-9-16/h2-9H,10-14H2,1H3/p+1. The summed E-state index contributed by atoms with van der Waals surface area (Å²) < 4.78 is 15.5. The molecule has 0 saturated carbocycles. The van der Waals surface area contributed by atoms with Gasteiger partial charge in [-0.2, -0.15) is 4.68 Å². The molecule has 1 aliphatic rings. The third-order valence-corrected chi connectivity index (χ3v) is 5.49. The third kappa shape index (κ3) is 3.84. The molecule has 1 aromatic heterocycles. The molecule has 0 bridgehead atoms. The molecule has 1 aliphatic heterocycles. The second-order valence-corrected chi connectivity index (χ2v) is 7.44. The molecular formula is C20H22ClN4O2S+. The van der Waals surface area contributed by atoms with Gasteiger partial charge < -0.3 is 14.4 Å². The lowest BCUT2D eigenvalue weighted by molar-refractivity contribution is -0.930. The Morgan fingerprint density at radius 3 is 2.57 bits per heavy atom. The van der Waals surface area contributed by atoms with E-state index < -0.39 is 0 Å². The Balaban J connectivity index is 1.84. The number of ether oxygens (including phenoxy) is 2. The van der Waals surface area contributed by atoms with Crippen molar-refractivity contribution >= 4 is 23.8 Å². The zero-order valence-electron chi connectivity index (χ0n) is 15.6. The van der Waals surface area contributed by atoms with Gasteiger partial charge in [-0.3, -0.25) is 4.57 Å². The summed E-state index contributed by atoms with van der Waals surface area (Å²) in [6, 6.07) is 15.4. The van der Waals surface area contributed by atoms with Gasteiger partial charge in [0.25, 0.3) is 0 Å². The van der Waals surface area contributed by atoms with Crippen LogP contribution in [0, 0.1) is 4.77 Å². The molecule has 146 valence electrons. The average molecular weight is 418 g/mol. The van der Waals surface area contributed by atoms with Gasteiger partial charge in [0, 0.05) is 5.02 Å². The van der Waals surface area contributed by atoms with Crippen molar-refractivity contribution in [3.63, 3.8) is 0 Å². The van der Waals surface area contributed by atoms with Gasteiger partial charge in [0.1, 0.15) is 18.8 Å². The van der Waals surface area contributed by atoms with Crippen LogP contribution < -0.4 is 9.64 Å². The lowest BCUT2D eigenvalue weighted by Crippen LogP contribution is -3.13. The zero-order chi connectivity index (χ0) is 19.5. The van der Waals surface area contributed by atoms with Crippen LogP contribution >= 0.6 is 23.8 Å². The Kier molecular flexibility index (Phi) is 5.77. The summed E-state index contributed by atoms with van der Waals surface area (Å²) in [7, 11) is 1.66. The van der Waals surface area contributed by atoms with E-state index in [1.54, 1.807) is 7.11 Å².